The van der Waals surface area contributed by atoms with Gasteiger partial charge in [0.25, 0.3) is 0 Å². The molecule has 3 aromatic rings. The highest BCUT2D eigenvalue weighted by Crippen LogP contribution is 2.24. The zero-order valence-electron chi connectivity index (χ0n) is 11.4. The number of hydrogen-bond acceptors (Lipinski definition) is 3. The Balaban J connectivity index is 2.18. The zero-order valence-corrected chi connectivity index (χ0v) is 13.5. The molecular weight excluding hydrogens is 379 g/mol. The van der Waals surface area contributed by atoms with Crippen LogP contribution in [0.5, 0.6) is 0 Å². The van der Waals surface area contributed by atoms with Crippen molar-refractivity contribution in [3.05, 3.63) is 51.9 Å². The molecule has 0 radical (unpaired) electrons. The van der Waals surface area contributed by atoms with Gasteiger partial charge in [-0.05, 0) is 34.7 Å². The molecule has 0 aliphatic carbocycles. The normalized spacial score (nSPS) is 10.8. The molecule has 0 bridgehead atoms. The molecule has 2 aromatic heterocycles. The molecule has 1 amide bonds. The smallest absolute Gasteiger partial charge is 0.217 e. The average Bonchev–Trinajstić information content (AvgIpc) is 2.84. The Morgan fingerprint density at radius 3 is 2.71 bits per heavy atom. The first-order valence-corrected chi connectivity index (χ1v) is 7.57. The Labute approximate surface area is 135 Å². The van der Waals surface area contributed by atoms with Crippen LogP contribution < -0.4 is 5.32 Å². The van der Waals surface area contributed by atoms with Crippen LogP contribution >= 0.6 is 22.6 Å². The van der Waals surface area contributed by atoms with Crippen molar-refractivity contribution in [2.75, 3.05) is 0 Å². The number of hydrogen-bond donors (Lipinski definition) is 1. The Bertz CT molecular complexity index is 798. The minimum absolute atomic E-state index is 0.0745. The van der Waals surface area contributed by atoms with Gasteiger partial charge in [-0.1, -0.05) is 30.3 Å². The van der Waals surface area contributed by atoms with Gasteiger partial charge in [0.15, 0.2) is 5.65 Å². The van der Waals surface area contributed by atoms with Crippen LogP contribution in [0.25, 0.3) is 16.9 Å². The molecule has 0 fully saturated rings. The van der Waals surface area contributed by atoms with E-state index in [1.807, 2.05) is 42.5 Å². The largest absolute Gasteiger partial charge is 0.351 e. The number of aromatic nitrogens is 3. The molecule has 0 unspecified atom stereocenters. The second kappa shape index (κ2) is 5.80. The van der Waals surface area contributed by atoms with E-state index in [4.69, 9.17) is 0 Å². The standard InChI is InChI=1S/C15H13IN4O/c1-10(21)17-9-12-15(11-5-3-2-4-6-11)18-14-8-7-13(16)19-20(12)14/h2-8H,9H2,1H3,(H,17,21). The maximum atomic E-state index is 11.2. The van der Waals surface area contributed by atoms with Crippen molar-refractivity contribution in [1.82, 2.24) is 19.9 Å². The molecule has 3 rings (SSSR count). The molecule has 0 spiro atoms. The molecule has 0 saturated carbocycles. The molecule has 0 aliphatic rings. The van der Waals surface area contributed by atoms with Gasteiger partial charge in [-0.15, -0.1) is 0 Å². The second-order valence-electron chi connectivity index (χ2n) is 4.61. The predicted molar refractivity (Wildman–Crippen MR) is 88.7 cm³/mol. The van der Waals surface area contributed by atoms with Gasteiger partial charge in [0.2, 0.25) is 5.91 Å². The molecule has 6 heteroatoms. The summed E-state index contributed by atoms with van der Waals surface area (Å²) in [5.41, 5.74) is 3.51. The lowest BCUT2D eigenvalue weighted by Crippen LogP contribution is -2.20. The first-order chi connectivity index (χ1) is 10.1. The minimum Gasteiger partial charge on any atom is -0.351 e. The van der Waals surface area contributed by atoms with E-state index in [0.717, 1.165) is 26.3 Å². The van der Waals surface area contributed by atoms with Crippen LogP contribution in [0.15, 0.2) is 42.5 Å². The Hall–Kier alpha value is -1.96. The van der Waals surface area contributed by atoms with E-state index in [9.17, 15) is 4.79 Å². The van der Waals surface area contributed by atoms with Crippen LogP contribution in [-0.4, -0.2) is 20.5 Å². The number of carbonyl (C=O) groups is 1. The SMILES string of the molecule is CC(=O)NCc1c(-c2ccccc2)nc2ccc(I)nn12. The lowest BCUT2D eigenvalue weighted by Gasteiger charge is -2.05. The van der Waals surface area contributed by atoms with E-state index in [1.165, 1.54) is 6.92 Å². The van der Waals surface area contributed by atoms with Gasteiger partial charge >= 0.3 is 0 Å². The maximum Gasteiger partial charge on any atom is 0.217 e. The molecule has 0 atom stereocenters. The summed E-state index contributed by atoms with van der Waals surface area (Å²) in [6.07, 6.45) is 0. The number of fused-ring (bicyclic) bond motifs is 1. The number of imidazole rings is 1. The summed E-state index contributed by atoms with van der Waals surface area (Å²) < 4.78 is 2.67. The predicted octanol–water partition coefficient (Wildman–Crippen LogP) is 2.64. The quantitative estimate of drug-likeness (QED) is 0.698. The van der Waals surface area contributed by atoms with Crippen LogP contribution in [0.4, 0.5) is 0 Å². The summed E-state index contributed by atoms with van der Waals surface area (Å²) in [5, 5.41) is 7.32. The fourth-order valence-corrected chi connectivity index (χ4v) is 2.55. The number of nitrogens with zero attached hydrogens (tertiary/aromatic N) is 3. The molecule has 1 N–H and O–H groups in total. The van der Waals surface area contributed by atoms with Crippen LogP contribution in [0.1, 0.15) is 12.6 Å². The maximum absolute atomic E-state index is 11.2. The number of amides is 1. The van der Waals surface area contributed by atoms with Gasteiger partial charge in [0.1, 0.15) is 3.70 Å². The van der Waals surface area contributed by atoms with Crippen molar-refractivity contribution in [2.24, 2.45) is 0 Å². The second-order valence-corrected chi connectivity index (χ2v) is 5.71. The molecular formula is C15H13IN4O. The van der Waals surface area contributed by atoms with Crippen molar-refractivity contribution in [1.29, 1.82) is 0 Å². The molecule has 2 heterocycles. The first-order valence-electron chi connectivity index (χ1n) is 6.49. The lowest BCUT2D eigenvalue weighted by atomic mass is 10.1. The van der Waals surface area contributed by atoms with Crippen molar-refractivity contribution in [3.8, 4) is 11.3 Å². The van der Waals surface area contributed by atoms with E-state index in [2.05, 4.69) is 38.0 Å². The van der Waals surface area contributed by atoms with Crippen LogP contribution in [0.3, 0.4) is 0 Å². The number of benzene rings is 1. The lowest BCUT2D eigenvalue weighted by molar-refractivity contribution is -0.119. The van der Waals surface area contributed by atoms with E-state index in [0.29, 0.717) is 6.54 Å². The molecule has 106 valence electrons. The highest BCUT2D eigenvalue weighted by atomic mass is 127. The van der Waals surface area contributed by atoms with Gasteiger partial charge in [-0.3, -0.25) is 4.79 Å². The fraction of sp³-hybridized carbons (Fsp3) is 0.133. The summed E-state index contributed by atoms with van der Waals surface area (Å²) in [6.45, 7) is 1.90. The topological polar surface area (TPSA) is 59.3 Å². The summed E-state index contributed by atoms with van der Waals surface area (Å²) in [7, 11) is 0. The van der Waals surface area contributed by atoms with Gasteiger partial charge in [0, 0.05) is 12.5 Å². The third-order valence-electron chi connectivity index (χ3n) is 3.09. The van der Waals surface area contributed by atoms with Gasteiger partial charge in [-0.25, -0.2) is 9.50 Å². The van der Waals surface area contributed by atoms with Crippen molar-refractivity contribution in [2.45, 2.75) is 13.5 Å². The minimum atomic E-state index is -0.0745. The summed E-state index contributed by atoms with van der Waals surface area (Å²) in [5.74, 6) is -0.0745. The van der Waals surface area contributed by atoms with Crippen LogP contribution in [0, 0.1) is 3.70 Å². The first kappa shape index (κ1) is 14.0. The van der Waals surface area contributed by atoms with Gasteiger partial charge in [-0.2, -0.15) is 5.10 Å². The van der Waals surface area contributed by atoms with Crippen LogP contribution in [-0.2, 0) is 11.3 Å². The highest BCUT2D eigenvalue weighted by Gasteiger charge is 2.15. The van der Waals surface area contributed by atoms with Crippen molar-refractivity contribution < 1.29 is 4.79 Å². The monoisotopic (exact) mass is 392 g/mol. The van der Waals surface area contributed by atoms with E-state index in [1.54, 1.807) is 4.52 Å². The Kier molecular flexibility index (Phi) is 3.87. The average molecular weight is 392 g/mol. The number of rotatable bonds is 3. The molecule has 21 heavy (non-hydrogen) atoms. The third kappa shape index (κ3) is 2.90. The zero-order chi connectivity index (χ0) is 14.8. The summed E-state index contributed by atoms with van der Waals surface area (Å²) in [4.78, 5) is 15.9. The molecule has 0 aliphatic heterocycles. The van der Waals surface area contributed by atoms with Crippen molar-refractivity contribution >= 4 is 34.1 Å². The van der Waals surface area contributed by atoms with Gasteiger partial charge < -0.3 is 5.32 Å². The molecule has 1 aromatic carbocycles. The third-order valence-corrected chi connectivity index (χ3v) is 3.67. The summed E-state index contributed by atoms with van der Waals surface area (Å²) >= 11 is 2.16. The number of halogens is 1. The highest BCUT2D eigenvalue weighted by molar-refractivity contribution is 14.1. The van der Waals surface area contributed by atoms with E-state index in [-0.39, 0.29) is 5.91 Å². The molecule has 5 nitrogen and oxygen atoms in total. The van der Waals surface area contributed by atoms with Gasteiger partial charge in [0.05, 0.1) is 17.9 Å². The van der Waals surface area contributed by atoms with E-state index >= 15 is 0 Å². The Morgan fingerprint density at radius 1 is 1.24 bits per heavy atom. The fourth-order valence-electron chi connectivity index (χ4n) is 2.15. The molecule has 0 saturated heterocycles. The number of nitrogens with one attached hydrogen (secondary N) is 1. The summed E-state index contributed by atoms with van der Waals surface area (Å²) in [6, 6.07) is 13.8. The van der Waals surface area contributed by atoms with Crippen molar-refractivity contribution in [3.63, 3.8) is 0 Å². The van der Waals surface area contributed by atoms with Crippen LogP contribution in [0.2, 0.25) is 0 Å². The Morgan fingerprint density at radius 2 is 2.00 bits per heavy atom. The van der Waals surface area contributed by atoms with E-state index < -0.39 is 0 Å². The number of carbonyl (C=O) groups excluding carboxylic acids is 1.